The zero-order valence-electron chi connectivity index (χ0n) is 14.2. The highest BCUT2D eigenvalue weighted by molar-refractivity contribution is 9.11. The summed E-state index contributed by atoms with van der Waals surface area (Å²) < 4.78 is 34.3. The quantitative estimate of drug-likeness (QED) is 0.610. The van der Waals surface area contributed by atoms with E-state index in [1.807, 2.05) is 0 Å². The van der Waals surface area contributed by atoms with Gasteiger partial charge in [-0.2, -0.15) is 0 Å². The minimum Gasteiger partial charge on any atom is -0.444 e. The largest absolute Gasteiger partial charge is 0.475 e. The first kappa shape index (κ1) is 20.6. The molecule has 0 aliphatic carbocycles. The van der Waals surface area contributed by atoms with Gasteiger partial charge < -0.3 is 9.64 Å². The third-order valence-electron chi connectivity index (χ3n) is 2.68. The summed E-state index contributed by atoms with van der Waals surface area (Å²) in [6, 6.07) is 0. The summed E-state index contributed by atoms with van der Waals surface area (Å²) in [4.78, 5) is 13.6. The minimum absolute atomic E-state index is 0.191. The highest BCUT2D eigenvalue weighted by atomic mass is 79.9. The van der Waals surface area contributed by atoms with E-state index in [-0.39, 0.29) is 19.8 Å². The minimum atomic E-state index is -3.67. The summed E-state index contributed by atoms with van der Waals surface area (Å²) in [5.41, 5.74) is -0.586. The SMILES string of the molecule is CCOP(=O)(OCC)OC1CN(C(=O)OC(C)(C)C)CC=C1Br. The van der Waals surface area contributed by atoms with Crippen LogP contribution in [0, 0.1) is 0 Å². The maximum atomic E-state index is 12.5. The molecule has 0 radical (unpaired) electrons. The van der Waals surface area contributed by atoms with Crippen LogP contribution < -0.4 is 0 Å². The van der Waals surface area contributed by atoms with E-state index in [4.69, 9.17) is 18.3 Å². The van der Waals surface area contributed by atoms with Crippen LogP contribution in [0.4, 0.5) is 4.79 Å². The second kappa shape index (κ2) is 8.62. The Morgan fingerprint density at radius 2 is 1.91 bits per heavy atom. The van der Waals surface area contributed by atoms with Crippen LogP contribution >= 0.6 is 23.8 Å². The molecule has 9 heteroatoms. The number of carbonyl (C=O) groups is 1. The van der Waals surface area contributed by atoms with Gasteiger partial charge in [0, 0.05) is 11.0 Å². The molecule has 0 N–H and O–H groups in total. The van der Waals surface area contributed by atoms with Crippen LogP contribution in [-0.4, -0.2) is 49.0 Å². The van der Waals surface area contributed by atoms with Crippen LogP contribution in [0.1, 0.15) is 34.6 Å². The zero-order chi connectivity index (χ0) is 17.7. The third-order valence-corrected chi connectivity index (χ3v) is 5.18. The molecule has 0 aromatic carbocycles. The van der Waals surface area contributed by atoms with E-state index in [0.29, 0.717) is 11.0 Å². The Kier molecular flexibility index (Phi) is 7.74. The van der Waals surface area contributed by atoms with E-state index in [1.54, 1.807) is 40.7 Å². The molecule has 1 aliphatic rings. The second-order valence-corrected chi connectivity index (χ2v) is 8.39. The van der Waals surface area contributed by atoms with Crippen molar-refractivity contribution in [2.24, 2.45) is 0 Å². The van der Waals surface area contributed by atoms with Crippen molar-refractivity contribution in [1.29, 1.82) is 0 Å². The second-order valence-electron chi connectivity index (χ2n) is 5.85. The smallest absolute Gasteiger partial charge is 0.444 e. The van der Waals surface area contributed by atoms with Gasteiger partial charge in [0.25, 0.3) is 0 Å². The van der Waals surface area contributed by atoms with Crippen molar-refractivity contribution in [2.75, 3.05) is 26.3 Å². The molecule has 1 aliphatic heterocycles. The lowest BCUT2D eigenvalue weighted by molar-refractivity contribution is 0.0159. The number of amides is 1. The fraction of sp³-hybridized carbons (Fsp3) is 0.786. The number of phosphoric acid groups is 1. The van der Waals surface area contributed by atoms with Gasteiger partial charge in [0.2, 0.25) is 0 Å². The molecule has 1 rings (SSSR count). The highest BCUT2D eigenvalue weighted by Crippen LogP contribution is 2.51. The molecular formula is C14H25BrNO6P. The van der Waals surface area contributed by atoms with E-state index in [0.717, 1.165) is 0 Å². The molecule has 7 nitrogen and oxygen atoms in total. The lowest BCUT2D eigenvalue weighted by Gasteiger charge is -2.33. The van der Waals surface area contributed by atoms with Crippen LogP contribution in [0.25, 0.3) is 0 Å². The Labute approximate surface area is 146 Å². The van der Waals surface area contributed by atoms with Crippen LogP contribution in [-0.2, 0) is 22.9 Å². The molecule has 134 valence electrons. The molecule has 0 fully saturated rings. The zero-order valence-corrected chi connectivity index (χ0v) is 16.7. The van der Waals surface area contributed by atoms with Crippen LogP contribution in [0.15, 0.2) is 10.6 Å². The molecule has 0 spiro atoms. The van der Waals surface area contributed by atoms with Crippen molar-refractivity contribution in [3.63, 3.8) is 0 Å². The van der Waals surface area contributed by atoms with Gasteiger partial charge in [-0.25, -0.2) is 9.36 Å². The summed E-state index contributed by atoms with van der Waals surface area (Å²) >= 11 is 3.37. The molecule has 1 heterocycles. The van der Waals surface area contributed by atoms with Crippen molar-refractivity contribution in [2.45, 2.75) is 46.3 Å². The lowest BCUT2D eigenvalue weighted by Crippen LogP contribution is -2.44. The first-order chi connectivity index (χ1) is 10.6. The van der Waals surface area contributed by atoms with Gasteiger partial charge in [0.15, 0.2) is 0 Å². The number of halogens is 1. The molecule has 1 amide bonds. The van der Waals surface area contributed by atoms with Crippen LogP contribution in [0.2, 0.25) is 0 Å². The number of hydrogen-bond acceptors (Lipinski definition) is 6. The summed E-state index contributed by atoms with van der Waals surface area (Å²) in [6.07, 6.45) is 0.672. The Morgan fingerprint density at radius 3 is 2.39 bits per heavy atom. The summed E-state index contributed by atoms with van der Waals surface area (Å²) in [6.45, 7) is 9.76. The first-order valence-electron chi connectivity index (χ1n) is 7.51. The first-order valence-corrected chi connectivity index (χ1v) is 9.76. The molecule has 0 bridgehead atoms. The van der Waals surface area contributed by atoms with Crippen LogP contribution in [0.3, 0.4) is 0 Å². The average molecular weight is 414 g/mol. The van der Waals surface area contributed by atoms with Gasteiger partial charge in [-0.3, -0.25) is 13.6 Å². The molecular weight excluding hydrogens is 389 g/mol. The predicted octanol–water partition coefficient (Wildman–Crippen LogP) is 4.08. The van der Waals surface area contributed by atoms with E-state index in [9.17, 15) is 9.36 Å². The van der Waals surface area contributed by atoms with Crippen LogP contribution in [0.5, 0.6) is 0 Å². The van der Waals surface area contributed by atoms with E-state index < -0.39 is 25.6 Å². The van der Waals surface area contributed by atoms with Crippen molar-refractivity contribution in [3.05, 3.63) is 10.6 Å². The monoisotopic (exact) mass is 413 g/mol. The molecule has 0 saturated heterocycles. The number of phosphoric ester groups is 1. The summed E-state index contributed by atoms with van der Waals surface area (Å²) in [5, 5.41) is 0. The van der Waals surface area contributed by atoms with E-state index in [2.05, 4.69) is 15.9 Å². The fourth-order valence-electron chi connectivity index (χ4n) is 1.82. The maximum absolute atomic E-state index is 12.5. The van der Waals surface area contributed by atoms with Gasteiger partial charge in [0.05, 0.1) is 19.8 Å². The van der Waals surface area contributed by atoms with Gasteiger partial charge in [0.1, 0.15) is 11.7 Å². The predicted molar refractivity (Wildman–Crippen MR) is 90.5 cm³/mol. The molecule has 0 saturated carbocycles. The van der Waals surface area contributed by atoms with Gasteiger partial charge in [-0.05, 0) is 34.6 Å². The van der Waals surface area contributed by atoms with Crippen molar-refractivity contribution >= 4 is 29.8 Å². The van der Waals surface area contributed by atoms with Gasteiger partial charge >= 0.3 is 13.9 Å². The van der Waals surface area contributed by atoms with Crippen molar-refractivity contribution in [1.82, 2.24) is 4.90 Å². The van der Waals surface area contributed by atoms with Crippen molar-refractivity contribution in [3.8, 4) is 0 Å². The van der Waals surface area contributed by atoms with Gasteiger partial charge in [-0.1, -0.05) is 22.0 Å². The Balaban J connectivity index is 2.79. The normalized spacial score (nSPS) is 19.5. The molecule has 1 atom stereocenters. The molecule has 1 unspecified atom stereocenters. The number of rotatable bonds is 6. The number of nitrogens with zero attached hydrogens (tertiary/aromatic N) is 1. The van der Waals surface area contributed by atoms with E-state index in [1.165, 1.54) is 4.90 Å². The molecule has 0 aromatic heterocycles. The molecule has 0 aromatic rings. The Morgan fingerprint density at radius 1 is 1.35 bits per heavy atom. The summed E-state index contributed by atoms with van der Waals surface area (Å²) in [7, 11) is -3.67. The fourth-order valence-corrected chi connectivity index (χ4v) is 3.67. The Bertz CT molecular complexity index is 480. The number of hydrogen-bond donors (Lipinski definition) is 0. The third kappa shape index (κ3) is 6.93. The summed E-state index contributed by atoms with van der Waals surface area (Å²) in [5.74, 6) is 0. The lowest BCUT2D eigenvalue weighted by atomic mass is 10.2. The van der Waals surface area contributed by atoms with Gasteiger partial charge in [-0.15, -0.1) is 0 Å². The Hall–Kier alpha value is -0.400. The number of ether oxygens (including phenoxy) is 1. The van der Waals surface area contributed by atoms with E-state index >= 15 is 0 Å². The standard InChI is InChI=1S/C14H25BrNO6P/c1-6-19-23(18,20-7-2)22-12-10-16(9-8-11(12)15)13(17)21-14(3,4)5/h8,12H,6-7,9-10H2,1-5H3. The average Bonchev–Trinajstić information content (AvgIpc) is 2.39. The molecule has 23 heavy (non-hydrogen) atoms. The van der Waals surface area contributed by atoms with Crippen molar-refractivity contribution < 1.29 is 27.7 Å². The highest BCUT2D eigenvalue weighted by Gasteiger charge is 2.35. The topological polar surface area (TPSA) is 74.3 Å². The maximum Gasteiger partial charge on any atom is 0.475 e. The number of carbonyl (C=O) groups excluding carboxylic acids is 1.